The number of allylic oxidation sites excluding steroid dienone is 2. The van der Waals surface area contributed by atoms with Crippen molar-refractivity contribution in [1.29, 1.82) is 0 Å². The summed E-state index contributed by atoms with van der Waals surface area (Å²) in [6.07, 6.45) is 13.7. The van der Waals surface area contributed by atoms with Crippen LogP contribution in [-0.2, 0) is 10.3 Å². The van der Waals surface area contributed by atoms with Gasteiger partial charge in [0.2, 0.25) is 5.91 Å². The van der Waals surface area contributed by atoms with Crippen molar-refractivity contribution in [3.05, 3.63) is 18.5 Å². The van der Waals surface area contributed by atoms with E-state index in [9.17, 15) is 4.79 Å². The minimum Gasteiger partial charge on any atom is -0.354 e. The fraction of sp³-hybridized carbons (Fsp3) is 0.750. The van der Waals surface area contributed by atoms with Crippen LogP contribution in [0.15, 0.2) is 18.5 Å². The minimum atomic E-state index is -0.574. The third kappa shape index (κ3) is 2.25. The monoisotopic (exact) mass is 301 g/mol. The van der Waals surface area contributed by atoms with E-state index in [1.165, 1.54) is 19.3 Å². The van der Waals surface area contributed by atoms with Crippen LogP contribution in [-0.4, -0.2) is 32.7 Å². The first-order valence-electron chi connectivity index (χ1n) is 8.48. The van der Waals surface area contributed by atoms with Crippen LogP contribution in [0, 0.1) is 17.8 Å². The van der Waals surface area contributed by atoms with Gasteiger partial charge in [0.05, 0.1) is 0 Å². The summed E-state index contributed by atoms with van der Waals surface area (Å²) in [7, 11) is 0. The maximum atomic E-state index is 12.9. The number of aromatic nitrogens is 4. The van der Waals surface area contributed by atoms with Gasteiger partial charge >= 0.3 is 0 Å². The van der Waals surface area contributed by atoms with Crippen molar-refractivity contribution in [2.75, 3.05) is 6.54 Å². The van der Waals surface area contributed by atoms with Gasteiger partial charge < -0.3 is 5.32 Å². The lowest BCUT2D eigenvalue weighted by molar-refractivity contribution is -0.132. The van der Waals surface area contributed by atoms with Gasteiger partial charge in [-0.25, -0.2) is 4.68 Å². The number of nitrogens with one attached hydrogen (secondary N) is 1. The molecule has 3 aliphatic carbocycles. The number of tetrazole rings is 1. The highest BCUT2D eigenvalue weighted by atomic mass is 16.2. The molecule has 0 saturated heterocycles. The van der Waals surface area contributed by atoms with E-state index in [2.05, 4.69) is 33.0 Å². The number of nitrogens with zero attached hydrogens (tertiary/aromatic N) is 4. The molecule has 1 amide bonds. The molecule has 1 aromatic heterocycles. The predicted octanol–water partition coefficient (Wildman–Crippen LogP) is 1.66. The molecule has 1 aromatic rings. The Morgan fingerprint density at radius 2 is 2.09 bits per heavy atom. The van der Waals surface area contributed by atoms with Crippen molar-refractivity contribution in [1.82, 2.24) is 25.5 Å². The molecule has 2 bridgehead atoms. The van der Waals surface area contributed by atoms with Crippen molar-refractivity contribution >= 4 is 5.91 Å². The fourth-order valence-corrected chi connectivity index (χ4v) is 4.57. The molecule has 2 fully saturated rings. The Labute approximate surface area is 130 Å². The van der Waals surface area contributed by atoms with Crippen molar-refractivity contribution in [3.63, 3.8) is 0 Å². The number of carbonyl (C=O) groups is 1. The Morgan fingerprint density at radius 3 is 2.73 bits per heavy atom. The number of amides is 1. The molecular weight excluding hydrogens is 278 g/mol. The van der Waals surface area contributed by atoms with Gasteiger partial charge in [-0.3, -0.25) is 4.79 Å². The minimum absolute atomic E-state index is 0.103. The molecule has 3 atom stereocenters. The highest BCUT2D eigenvalue weighted by Gasteiger charge is 2.43. The second kappa shape index (κ2) is 5.48. The summed E-state index contributed by atoms with van der Waals surface area (Å²) in [5.41, 5.74) is -0.574. The van der Waals surface area contributed by atoms with Gasteiger partial charge in [-0.15, -0.1) is 5.10 Å². The Morgan fingerprint density at radius 1 is 1.23 bits per heavy atom. The average molecular weight is 301 g/mol. The Bertz CT molecular complexity index is 561. The van der Waals surface area contributed by atoms with Crippen LogP contribution in [0.25, 0.3) is 0 Å². The molecule has 2 saturated carbocycles. The molecule has 1 heterocycles. The molecule has 0 aliphatic heterocycles. The number of carbonyl (C=O) groups excluding carboxylic acids is 1. The van der Waals surface area contributed by atoms with E-state index in [0.717, 1.165) is 38.1 Å². The van der Waals surface area contributed by atoms with Crippen LogP contribution in [0.3, 0.4) is 0 Å². The SMILES string of the molecule is O=C(NC[C@H]1C[C@@H]2C=C[C@H]1C2)C1(n2cnnn2)CCCCC1. The Hall–Kier alpha value is -1.72. The Kier molecular flexibility index (Phi) is 3.47. The molecule has 22 heavy (non-hydrogen) atoms. The molecule has 6 heteroatoms. The predicted molar refractivity (Wildman–Crippen MR) is 80.7 cm³/mol. The number of hydrogen-bond acceptors (Lipinski definition) is 4. The molecule has 4 rings (SSSR count). The third-order valence-electron chi connectivity index (χ3n) is 5.83. The summed E-state index contributed by atoms with van der Waals surface area (Å²) >= 11 is 0. The normalized spacial score (nSPS) is 32.3. The third-order valence-corrected chi connectivity index (χ3v) is 5.83. The van der Waals surface area contributed by atoms with Gasteiger partial charge in [0.15, 0.2) is 0 Å². The number of fused-ring (bicyclic) bond motifs is 2. The van der Waals surface area contributed by atoms with E-state index in [-0.39, 0.29) is 5.91 Å². The van der Waals surface area contributed by atoms with Crippen LogP contribution in [0.5, 0.6) is 0 Å². The van der Waals surface area contributed by atoms with Crippen molar-refractivity contribution < 1.29 is 4.79 Å². The topological polar surface area (TPSA) is 72.7 Å². The summed E-state index contributed by atoms with van der Waals surface area (Å²) < 4.78 is 1.68. The van der Waals surface area contributed by atoms with E-state index in [1.54, 1.807) is 11.0 Å². The van der Waals surface area contributed by atoms with Gasteiger partial charge in [0.1, 0.15) is 11.9 Å². The molecule has 0 unspecified atom stereocenters. The average Bonchev–Trinajstić information content (AvgIpc) is 3.30. The maximum absolute atomic E-state index is 12.9. The van der Waals surface area contributed by atoms with E-state index < -0.39 is 5.54 Å². The highest BCUT2D eigenvalue weighted by Crippen LogP contribution is 2.43. The molecule has 118 valence electrons. The summed E-state index contributed by atoms with van der Waals surface area (Å²) in [5.74, 6) is 2.12. The summed E-state index contributed by atoms with van der Waals surface area (Å²) in [4.78, 5) is 12.9. The largest absolute Gasteiger partial charge is 0.354 e. The van der Waals surface area contributed by atoms with E-state index >= 15 is 0 Å². The van der Waals surface area contributed by atoms with Crippen molar-refractivity contribution in [2.24, 2.45) is 17.8 Å². The lowest BCUT2D eigenvalue weighted by atomic mass is 9.80. The maximum Gasteiger partial charge on any atom is 0.248 e. The van der Waals surface area contributed by atoms with Crippen LogP contribution in [0.2, 0.25) is 0 Å². The summed E-state index contributed by atoms with van der Waals surface area (Å²) in [6.45, 7) is 0.786. The molecule has 0 spiro atoms. The fourth-order valence-electron chi connectivity index (χ4n) is 4.57. The highest BCUT2D eigenvalue weighted by molar-refractivity contribution is 5.84. The second-order valence-corrected chi connectivity index (χ2v) is 7.10. The van der Waals surface area contributed by atoms with Gasteiger partial charge in [-0.05, 0) is 53.9 Å². The molecule has 1 N–H and O–H groups in total. The van der Waals surface area contributed by atoms with Crippen molar-refractivity contribution in [2.45, 2.75) is 50.5 Å². The smallest absolute Gasteiger partial charge is 0.248 e. The molecule has 6 nitrogen and oxygen atoms in total. The van der Waals surface area contributed by atoms with Gasteiger partial charge in [-0.2, -0.15) is 0 Å². The van der Waals surface area contributed by atoms with E-state index in [1.807, 2.05) is 0 Å². The first-order valence-corrected chi connectivity index (χ1v) is 8.48. The lowest BCUT2D eigenvalue weighted by Gasteiger charge is -2.35. The Balaban J connectivity index is 1.46. The van der Waals surface area contributed by atoms with Gasteiger partial charge in [0.25, 0.3) is 0 Å². The van der Waals surface area contributed by atoms with Crippen LogP contribution in [0.1, 0.15) is 44.9 Å². The molecule has 0 radical (unpaired) electrons. The quantitative estimate of drug-likeness (QED) is 0.859. The zero-order valence-corrected chi connectivity index (χ0v) is 12.8. The van der Waals surface area contributed by atoms with Crippen molar-refractivity contribution in [3.8, 4) is 0 Å². The summed E-state index contributed by atoms with van der Waals surface area (Å²) in [5, 5.41) is 14.7. The number of rotatable bonds is 4. The first-order chi connectivity index (χ1) is 10.8. The molecule has 0 aromatic carbocycles. The molecular formula is C16H23N5O. The van der Waals surface area contributed by atoms with Gasteiger partial charge in [0, 0.05) is 6.54 Å². The van der Waals surface area contributed by atoms with E-state index in [4.69, 9.17) is 0 Å². The van der Waals surface area contributed by atoms with Crippen LogP contribution >= 0.6 is 0 Å². The van der Waals surface area contributed by atoms with Crippen LogP contribution < -0.4 is 5.32 Å². The first kappa shape index (κ1) is 13.9. The lowest BCUT2D eigenvalue weighted by Crippen LogP contribution is -2.51. The van der Waals surface area contributed by atoms with Gasteiger partial charge in [-0.1, -0.05) is 31.4 Å². The van der Waals surface area contributed by atoms with Crippen LogP contribution in [0.4, 0.5) is 0 Å². The zero-order chi connectivity index (χ0) is 15.0. The zero-order valence-electron chi connectivity index (χ0n) is 12.8. The second-order valence-electron chi connectivity index (χ2n) is 7.10. The van der Waals surface area contributed by atoms with E-state index in [0.29, 0.717) is 11.8 Å². The standard InChI is InChI=1S/C16H23N5O/c22-15(17-10-14-9-12-4-5-13(14)8-12)16(6-2-1-3-7-16)21-11-18-19-20-21/h4-5,11-14H,1-3,6-10H2,(H,17,22)/t12-,13+,14-/m1/s1. The number of hydrogen-bond donors (Lipinski definition) is 1. The molecule has 3 aliphatic rings. The summed E-state index contributed by atoms with van der Waals surface area (Å²) in [6, 6.07) is 0.